The molecule has 0 aromatic heterocycles. The van der Waals surface area contributed by atoms with Crippen LogP contribution in [0.15, 0.2) is 24.3 Å². The Balaban J connectivity index is 1.90. The topological polar surface area (TPSA) is 67.6 Å². The molecule has 116 valence electrons. The monoisotopic (exact) mass is 291 g/mol. The van der Waals surface area contributed by atoms with Gasteiger partial charge in [-0.1, -0.05) is 25.5 Å². The molecule has 1 aromatic carbocycles. The number of hydrogen-bond donors (Lipinski definition) is 2. The molecule has 1 aliphatic rings. The quantitative estimate of drug-likeness (QED) is 0.477. The smallest absolute Gasteiger partial charge is 0.268 e. The Morgan fingerprint density at radius 1 is 1.43 bits per heavy atom. The second kappa shape index (κ2) is 8.00. The predicted molar refractivity (Wildman–Crippen MR) is 83.1 cm³/mol. The van der Waals surface area contributed by atoms with Gasteiger partial charge >= 0.3 is 0 Å². The van der Waals surface area contributed by atoms with Gasteiger partial charge in [0.2, 0.25) is 0 Å². The summed E-state index contributed by atoms with van der Waals surface area (Å²) in [6.07, 6.45) is 5.06. The highest BCUT2D eigenvalue weighted by molar-refractivity contribution is 5.96. The average molecular weight is 291 g/mol. The number of hydrogen-bond acceptors (Lipinski definition) is 4. The van der Waals surface area contributed by atoms with Crippen molar-refractivity contribution < 1.29 is 9.53 Å². The fourth-order valence-corrected chi connectivity index (χ4v) is 2.95. The Kier molecular flexibility index (Phi) is 6.02. The molecule has 1 atom stereocenters. The van der Waals surface area contributed by atoms with Crippen molar-refractivity contribution >= 4 is 5.91 Å². The predicted octanol–water partition coefficient (Wildman–Crippen LogP) is 1.93. The van der Waals surface area contributed by atoms with Crippen molar-refractivity contribution in [3.05, 3.63) is 29.8 Å². The van der Waals surface area contributed by atoms with Crippen LogP contribution in [-0.4, -0.2) is 36.5 Å². The lowest BCUT2D eigenvalue weighted by atomic mass is 10.0. The minimum atomic E-state index is -0.324. The van der Waals surface area contributed by atoms with Crippen LogP contribution in [0.25, 0.3) is 0 Å². The Morgan fingerprint density at radius 2 is 2.24 bits per heavy atom. The van der Waals surface area contributed by atoms with E-state index < -0.39 is 0 Å². The standard InChI is InChI=1S/C16H25N3O2/c1-2-13-7-5-6-10-19(13)11-12-21-15-9-4-3-8-14(15)16(20)18-17/h3-4,8-9,13H,2,5-7,10-12,17H2,1H3,(H,18,20). The molecule has 2 rings (SSSR count). The highest BCUT2D eigenvalue weighted by Crippen LogP contribution is 2.20. The first-order chi connectivity index (χ1) is 10.3. The van der Waals surface area contributed by atoms with Crippen LogP contribution >= 0.6 is 0 Å². The van der Waals surface area contributed by atoms with Crippen molar-refractivity contribution in [2.24, 2.45) is 5.84 Å². The van der Waals surface area contributed by atoms with Crippen molar-refractivity contribution in [3.8, 4) is 5.75 Å². The van der Waals surface area contributed by atoms with E-state index in [0.29, 0.717) is 24.0 Å². The number of ether oxygens (including phenoxy) is 1. The third-order valence-electron chi connectivity index (χ3n) is 4.12. The number of piperidine rings is 1. The average Bonchev–Trinajstić information content (AvgIpc) is 2.55. The zero-order valence-corrected chi connectivity index (χ0v) is 12.7. The van der Waals surface area contributed by atoms with Crippen LogP contribution in [0.5, 0.6) is 5.75 Å². The lowest BCUT2D eigenvalue weighted by Gasteiger charge is -2.35. The number of nitrogens with two attached hydrogens (primary N) is 1. The molecule has 0 aliphatic carbocycles. The number of amides is 1. The number of benzene rings is 1. The molecular formula is C16H25N3O2. The SMILES string of the molecule is CCC1CCCCN1CCOc1ccccc1C(=O)NN. The Labute approximate surface area is 126 Å². The van der Waals surface area contributed by atoms with Gasteiger partial charge in [-0.2, -0.15) is 0 Å². The van der Waals surface area contributed by atoms with E-state index >= 15 is 0 Å². The highest BCUT2D eigenvalue weighted by atomic mass is 16.5. The van der Waals surface area contributed by atoms with Gasteiger partial charge < -0.3 is 4.74 Å². The summed E-state index contributed by atoms with van der Waals surface area (Å²) in [7, 11) is 0. The van der Waals surface area contributed by atoms with Crippen LogP contribution < -0.4 is 16.0 Å². The van der Waals surface area contributed by atoms with Crippen LogP contribution in [0, 0.1) is 0 Å². The largest absolute Gasteiger partial charge is 0.491 e. The molecule has 5 heteroatoms. The number of hydrazine groups is 1. The van der Waals surface area contributed by atoms with E-state index in [9.17, 15) is 4.79 Å². The van der Waals surface area contributed by atoms with Crippen molar-refractivity contribution in [1.82, 2.24) is 10.3 Å². The Hall–Kier alpha value is -1.59. The van der Waals surface area contributed by atoms with Gasteiger partial charge in [-0.15, -0.1) is 0 Å². The van der Waals surface area contributed by atoms with Gasteiger partial charge in [0.25, 0.3) is 5.91 Å². The molecule has 0 spiro atoms. The summed E-state index contributed by atoms with van der Waals surface area (Å²) < 4.78 is 5.80. The maximum Gasteiger partial charge on any atom is 0.268 e. The molecule has 0 saturated carbocycles. The molecule has 1 amide bonds. The molecule has 5 nitrogen and oxygen atoms in total. The second-order valence-electron chi connectivity index (χ2n) is 5.41. The van der Waals surface area contributed by atoms with Crippen molar-refractivity contribution in [2.75, 3.05) is 19.7 Å². The van der Waals surface area contributed by atoms with Crippen molar-refractivity contribution in [1.29, 1.82) is 0 Å². The summed E-state index contributed by atoms with van der Waals surface area (Å²) in [4.78, 5) is 14.2. The first-order valence-corrected chi connectivity index (χ1v) is 7.73. The summed E-state index contributed by atoms with van der Waals surface area (Å²) in [5.41, 5.74) is 2.63. The normalized spacial score (nSPS) is 19.2. The first kappa shape index (κ1) is 15.8. The minimum absolute atomic E-state index is 0.324. The molecule has 0 radical (unpaired) electrons. The maximum atomic E-state index is 11.7. The van der Waals surface area contributed by atoms with Gasteiger partial charge in [0.15, 0.2) is 0 Å². The van der Waals surface area contributed by atoms with E-state index in [0.717, 1.165) is 13.1 Å². The molecule has 1 aromatic rings. The molecule has 1 aliphatic heterocycles. The summed E-state index contributed by atoms with van der Waals surface area (Å²) in [5.74, 6) is 5.46. The van der Waals surface area contributed by atoms with Gasteiger partial charge in [0, 0.05) is 12.6 Å². The van der Waals surface area contributed by atoms with E-state index in [1.165, 1.54) is 25.7 Å². The number of para-hydroxylation sites is 1. The maximum absolute atomic E-state index is 11.7. The number of nitrogen functional groups attached to an aromatic ring is 1. The minimum Gasteiger partial charge on any atom is -0.491 e. The van der Waals surface area contributed by atoms with Crippen LogP contribution in [0.4, 0.5) is 0 Å². The number of rotatable bonds is 6. The van der Waals surface area contributed by atoms with Gasteiger partial charge in [0.05, 0.1) is 5.56 Å². The van der Waals surface area contributed by atoms with E-state index in [1.54, 1.807) is 18.2 Å². The van der Waals surface area contributed by atoms with E-state index in [-0.39, 0.29) is 5.91 Å². The van der Waals surface area contributed by atoms with Gasteiger partial charge in [-0.3, -0.25) is 15.1 Å². The summed E-state index contributed by atoms with van der Waals surface area (Å²) >= 11 is 0. The van der Waals surface area contributed by atoms with E-state index in [4.69, 9.17) is 10.6 Å². The van der Waals surface area contributed by atoms with Crippen LogP contribution in [0.2, 0.25) is 0 Å². The molecule has 21 heavy (non-hydrogen) atoms. The summed E-state index contributed by atoms with van der Waals surface area (Å²) in [6, 6.07) is 7.85. The fraction of sp³-hybridized carbons (Fsp3) is 0.562. The van der Waals surface area contributed by atoms with Crippen LogP contribution in [0.3, 0.4) is 0 Å². The van der Waals surface area contributed by atoms with Crippen LogP contribution in [-0.2, 0) is 0 Å². The number of carbonyl (C=O) groups excluding carboxylic acids is 1. The molecule has 0 bridgehead atoms. The zero-order chi connectivity index (χ0) is 15.1. The van der Waals surface area contributed by atoms with Gasteiger partial charge in [-0.25, -0.2) is 5.84 Å². The third kappa shape index (κ3) is 4.19. The molecule has 1 heterocycles. The summed E-state index contributed by atoms with van der Waals surface area (Å²) in [6.45, 7) is 4.87. The molecule has 3 N–H and O–H groups in total. The number of likely N-dealkylation sites (tertiary alicyclic amines) is 1. The third-order valence-corrected chi connectivity index (χ3v) is 4.12. The molecule has 1 fully saturated rings. The highest BCUT2D eigenvalue weighted by Gasteiger charge is 2.20. The number of carbonyl (C=O) groups is 1. The zero-order valence-electron chi connectivity index (χ0n) is 12.7. The number of nitrogens with zero attached hydrogens (tertiary/aromatic N) is 1. The van der Waals surface area contributed by atoms with Crippen molar-refractivity contribution in [3.63, 3.8) is 0 Å². The van der Waals surface area contributed by atoms with E-state index in [2.05, 4.69) is 17.2 Å². The Bertz CT molecular complexity index is 465. The summed E-state index contributed by atoms with van der Waals surface area (Å²) in [5, 5.41) is 0. The van der Waals surface area contributed by atoms with Crippen LogP contribution in [0.1, 0.15) is 43.0 Å². The molecule has 1 saturated heterocycles. The van der Waals surface area contributed by atoms with Gasteiger partial charge in [-0.05, 0) is 37.9 Å². The Morgan fingerprint density at radius 3 is 3.00 bits per heavy atom. The van der Waals surface area contributed by atoms with Gasteiger partial charge in [0.1, 0.15) is 12.4 Å². The van der Waals surface area contributed by atoms with Crippen molar-refractivity contribution in [2.45, 2.75) is 38.6 Å². The molecular weight excluding hydrogens is 266 g/mol. The fourth-order valence-electron chi connectivity index (χ4n) is 2.95. The van der Waals surface area contributed by atoms with E-state index in [1.807, 2.05) is 6.07 Å². The molecule has 1 unspecified atom stereocenters. The number of nitrogens with one attached hydrogen (secondary N) is 1. The second-order valence-corrected chi connectivity index (χ2v) is 5.41. The lowest BCUT2D eigenvalue weighted by Crippen LogP contribution is -2.41. The lowest BCUT2D eigenvalue weighted by molar-refractivity contribution is 0.0944. The first-order valence-electron chi connectivity index (χ1n) is 7.73.